The van der Waals surface area contributed by atoms with E-state index < -0.39 is 0 Å². The molecular formula is C25H21NO. The Bertz CT molecular complexity index is 1030. The third-order valence-electron chi connectivity index (χ3n) is 4.72. The van der Waals surface area contributed by atoms with Crippen molar-refractivity contribution in [3.05, 3.63) is 108 Å². The second-order valence-electron chi connectivity index (χ2n) is 6.57. The average Bonchev–Trinajstić information content (AvgIpc) is 2.74. The lowest BCUT2D eigenvalue weighted by atomic mass is 9.99. The Morgan fingerprint density at radius 3 is 2.04 bits per heavy atom. The normalized spacial score (nSPS) is 10.7. The number of benzene rings is 3. The first-order chi connectivity index (χ1) is 13.3. The van der Waals surface area contributed by atoms with E-state index in [4.69, 9.17) is 4.98 Å². The smallest absolute Gasteiger partial charge is 0.132 e. The topological polar surface area (TPSA) is 33.1 Å². The number of hydrogen-bond acceptors (Lipinski definition) is 2. The molecule has 0 saturated heterocycles. The highest BCUT2D eigenvalue weighted by atomic mass is 16.3. The second kappa shape index (κ2) is 7.88. The number of pyridine rings is 1. The molecule has 0 atom stereocenters. The molecule has 4 rings (SSSR count). The van der Waals surface area contributed by atoms with Gasteiger partial charge in [0.15, 0.2) is 0 Å². The summed E-state index contributed by atoms with van der Waals surface area (Å²) < 4.78 is 0. The molecule has 0 aliphatic rings. The van der Waals surface area contributed by atoms with Gasteiger partial charge in [-0.05, 0) is 42.2 Å². The zero-order valence-electron chi connectivity index (χ0n) is 15.0. The van der Waals surface area contributed by atoms with Gasteiger partial charge in [-0.15, -0.1) is 0 Å². The fourth-order valence-corrected chi connectivity index (χ4v) is 3.29. The largest absolute Gasteiger partial charge is 0.507 e. The van der Waals surface area contributed by atoms with Gasteiger partial charge in [0, 0.05) is 16.8 Å². The number of hydrogen-bond donors (Lipinski definition) is 1. The van der Waals surface area contributed by atoms with Crippen molar-refractivity contribution in [2.45, 2.75) is 12.8 Å². The Kier molecular flexibility index (Phi) is 4.97. The third kappa shape index (κ3) is 3.90. The van der Waals surface area contributed by atoms with Crippen molar-refractivity contribution in [2.24, 2.45) is 0 Å². The van der Waals surface area contributed by atoms with Crippen molar-refractivity contribution < 1.29 is 5.11 Å². The lowest BCUT2D eigenvalue weighted by Gasteiger charge is -2.11. The first kappa shape index (κ1) is 17.0. The highest BCUT2D eigenvalue weighted by Gasteiger charge is 2.12. The number of aromatic hydroxyl groups is 1. The summed E-state index contributed by atoms with van der Waals surface area (Å²) in [6.07, 6.45) is 1.82. The molecule has 0 radical (unpaired) electrons. The molecule has 2 heteroatoms. The maximum absolute atomic E-state index is 10.9. The van der Waals surface area contributed by atoms with E-state index in [2.05, 4.69) is 24.3 Å². The lowest BCUT2D eigenvalue weighted by Crippen LogP contribution is -1.96. The van der Waals surface area contributed by atoms with Crippen LogP contribution in [0.25, 0.3) is 22.4 Å². The van der Waals surface area contributed by atoms with Gasteiger partial charge >= 0.3 is 0 Å². The van der Waals surface area contributed by atoms with E-state index in [0.29, 0.717) is 0 Å². The van der Waals surface area contributed by atoms with E-state index in [1.165, 1.54) is 5.56 Å². The molecule has 1 N–H and O–H groups in total. The van der Waals surface area contributed by atoms with Crippen LogP contribution in [0, 0.1) is 0 Å². The van der Waals surface area contributed by atoms with Crippen LogP contribution in [0.15, 0.2) is 97.1 Å². The number of phenolic OH excluding ortho intramolecular Hbond substituents is 1. The second-order valence-corrected chi connectivity index (χ2v) is 6.57. The van der Waals surface area contributed by atoms with Crippen LogP contribution in [0.1, 0.15) is 11.3 Å². The van der Waals surface area contributed by atoms with Crippen LogP contribution in [-0.2, 0) is 12.8 Å². The number of para-hydroxylation sites is 1. The molecule has 0 spiro atoms. The van der Waals surface area contributed by atoms with Gasteiger partial charge < -0.3 is 5.11 Å². The standard InChI is InChI=1S/C25H21NO/c27-25-22(20-11-5-2-6-12-20)14-8-15-23(25)24-16-7-13-21(26-24)18-17-19-9-3-1-4-10-19/h1-16,27H,17-18H2. The molecule has 0 bridgehead atoms. The van der Waals surface area contributed by atoms with Gasteiger partial charge in [-0.25, -0.2) is 0 Å². The molecule has 0 fully saturated rings. The summed E-state index contributed by atoms with van der Waals surface area (Å²) in [4.78, 5) is 4.79. The predicted molar refractivity (Wildman–Crippen MR) is 111 cm³/mol. The minimum atomic E-state index is 0.274. The quantitative estimate of drug-likeness (QED) is 0.485. The van der Waals surface area contributed by atoms with Gasteiger partial charge in [-0.1, -0.05) is 78.9 Å². The molecule has 0 aliphatic carbocycles. The first-order valence-corrected chi connectivity index (χ1v) is 9.19. The molecule has 27 heavy (non-hydrogen) atoms. The number of nitrogens with zero attached hydrogens (tertiary/aromatic N) is 1. The van der Waals surface area contributed by atoms with Crippen molar-refractivity contribution in [3.63, 3.8) is 0 Å². The molecule has 0 amide bonds. The molecule has 1 heterocycles. The summed E-state index contributed by atoms with van der Waals surface area (Å²) in [5.41, 5.74) is 5.72. The van der Waals surface area contributed by atoms with Gasteiger partial charge in [-0.2, -0.15) is 0 Å². The lowest BCUT2D eigenvalue weighted by molar-refractivity contribution is 0.479. The van der Waals surface area contributed by atoms with Crippen molar-refractivity contribution >= 4 is 0 Å². The molecular weight excluding hydrogens is 330 g/mol. The van der Waals surface area contributed by atoms with Crippen molar-refractivity contribution in [1.82, 2.24) is 4.98 Å². The van der Waals surface area contributed by atoms with Gasteiger partial charge in [0.1, 0.15) is 5.75 Å². The van der Waals surface area contributed by atoms with Crippen LogP contribution in [0.5, 0.6) is 5.75 Å². The maximum atomic E-state index is 10.9. The van der Waals surface area contributed by atoms with Crippen LogP contribution in [0.4, 0.5) is 0 Å². The summed E-state index contributed by atoms with van der Waals surface area (Å²) in [7, 11) is 0. The summed E-state index contributed by atoms with van der Waals surface area (Å²) in [5.74, 6) is 0.274. The van der Waals surface area contributed by atoms with Crippen LogP contribution in [0.3, 0.4) is 0 Å². The zero-order chi connectivity index (χ0) is 18.5. The monoisotopic (exact) mass is 351 g/mol. The molecule has 0 saturated carbocycles. The zero-order valence-corrected chi connectivity index (χ0v) is 15.0. The Hall–Kier alpha value is -3.39. The number of rotatable bonds is 5. The number of aromatic nitrogens is 1. The fourth-order valence-electron chi connectivity index (χ4n) is 3.29. The fraction of sp³-hybridized carbons (Fsp3) is 0.0800. The predicted octanol–water partition coefficient (Wildman–Crippen LogP) is 5.91. The molecule has 132 valence electrons. The Morgan fingerprint density at radius 1 is 0.593 bits per heavy atom. The minimum Gasteiger partial charge on any atom is -0.507 e. The molecule has 2 nitrogen and oxygen atoms in total. The third-order valence-corrected chi connectivity index (χ3v) is 4.72. The number of phenols is 1. The highest BCUT2D eigenvalue weighted by Crippen LogP contribution is 2.37. The molecule has 0 unspecified atom stereocenters. The number of aryl methyl sites for hydroxylation is 2. The first-order valence-electron chi connectivity index (χ1n) is 9.19. The summed E-state index contributed by atoms with van der Waals surface area (Å²) in [5, 5.41) is 10.9. The Balaban J connectivity index is 1.62. The van der Waals surface area contributed by atoms with Gasteiger partial charge in [0.2, 0.25) is 0 Å². The van der Waals surface area contributed by atoms with Crippen LogP contribution < -0.4 is 0 Å². The molecule has 4 aromatic rings. The van der Waals surface area contributed by atoms with E-state index >= 15 is 0 Å². The van der Waals surface area contributed by atoms with Crippen molar-refractivity contribution in [1.29, 1.82) is 0 Å². The Morgan fingerprint density at radius 2 is 1.26 bits per heavy atom. The van der Waals surface area contributed by atoms with Crippen LogP contribution >= 0.6 is 0 Å². The molecule has 0 aliphatic heterocycles. The van der Waals surface area contributed by atoms with E-state index in [1.54, 1.807) is 0 Å². The van der Waals surface area contributed by atoms with E-state index in [-0.39, 0.29) is 5.75 Å². The summed E-state index contributed by atoms with van der Waals surface area (Å²) in [6, 6.07) is 32.2. The molecule has 3 aromatic carbocycles. The van der Waals surface area contributed by atoms with Crippen molar-refractivity contribution in [3.8, 4) is 28.1 Å². The van der Waals surface area contributed by atoms with E-state index in [1.807, 2.05) is 72.8 Å². The minimum absolute atomic E-state index is 0.274. The average molecular weight is 351 g/mol. The van der Waals surface area contributed by atoms with Gasteiger partial charge in [0.05, 0.1) is 5.69 Å². The SMILES string of the molecule is Oc1c(-c2ccccc2)cccc1-c1cccc(CCc2ccccc2)n1. The summed E-state index contributed by atoms with van der Waals surface area (Å²) in [6.45, 7) is 0. The van der Waals surface area contributed by atoms with Gasteiger partial charge in [0.25, 0.3) is 0 Å². The van der Waals surface area contributed by atoms with Crippen LogP contribution in [0.2, 0.25) is 0 Å². The van der Waals surface area contributed by atoms with E-state index in [0.717, 1.165) is 40.9 Å². The molecule has 1 aromatic heterocycles. The van der Waals surface area contributed by atoms with E-state index in [9.17, 15) is 5.11 Å². The maximum Gasteiger partial charge on any atom is 0.132 e. The highest BCUT2D eigenvalue weighted by molar-refractivity contribution is 5.80. The van der Waals surface area contributed by atoms with Crippen LogP contribution in [-0.4, -0.2) is 10.1 Å². The Labute approximate surface area is 159 Å². The van der Waals surface area contributed by atoms with Crippen molar-refractivity contribution in [2.75, 3.05) is 0 Å². The summed E-state index contributed by atoms with van der Waals surface area (Å²) >= 11 is 0. The van der Waals surface area contributed by atoms with Gasteiger partial charge in [-0.3, -0.25) is 4.98 Å².